The van der Waals surface area contributed by atoms with E-state index >= 15 is 0 Å². The summed E-state index contributed by atoms with van der Waals surface area (Å²) in [5, 5.41) is 0. The number of halogens is 2. The van der Waals surface area contributed by atoms with Gasteiger partial charge in [0, 0.05) is 38.7 Å². The molecule has 2 nitrogen and oxygen atoms in total. The molecule has 0 N–H and O–H groups in total. The summed E-state index contributed by atoms with van der Waals surface area (Å²) in [5.41, 5.74) is 3.19. The first-order valence-electron chi connectivity index (χ1n) is 6.90. The Morgan fingerprint density at radius 1 is 1.20 bits per heavy atom. The van der Waals surface area contributed by atoms with Gasteiger partial charge in [0.25, 0.3) is 5.92 Å². The predicted octanol–water partition coefficient (Wildman–Crippen LogP) is 3.69. The van der Waals surface area contributed by atoms with E-state index < -0.39 is 5.92 Å². The van der Waals surface area contributed by atoms with Crippen molar-refractivity contribution in [2.45, 2.75) is 25.7 Å². The van der Waals surface area contributed by atoms with E-state index in [9.17, 15) is 8.78 Å². The van der Waals surface area contributed by atoms with Crippen LogP contribution in [-0.2, 0) is 4.74 Å². The van der Waals surface area contributed by atoms with Crippen LogP contribution < -0.4 is 0 Å². The molecule has 4 heteroatoms. The van der Waals surface area contributed by atoms with Gasteiger partial charge in [0.1, 0.15) is 0 Å². The van der Waals surface area contributed by atoms with Crippen molar-refractivity contribution in [1.29, 1.82) is 0 Å². The number of hydrogen-bond donors (Lipinski definition) is 0. The van der Waals surface area contributed by atoms with Gasteiger partial charge in [0.2, 0.25) is 0 Å². The molecule has 110 valence electrons. The van der Waals surface area contributed by atoms with Gasteiger partial charge in [-0.15, -0.1) is 0 Å². The van der Waals surface area contributed by atoms with Crippen LogP contribution in [0.1, 0.15) is 19.8 Å². The third-order valence-corrected chi connectivity index (χ3v) is 3.66. The van der Waals surface area contributed by atoms with Gasteiger partial charge in [-0.3, -0.25) is 0 Å². The SMILES string of the molecule is COCC1=C\C=C\C(C)=C(N2CCC(F)(F)CC2)/C=C\1. The average Bonchev–Trinajstić information content (AvgIpc) is 2.38. The number of methoxy groups -OCH3 is 1. The van der Waals surface area contributed by atoms with Crippen LogP contribution >= 0.6 is 0 Å². The van der Waals surface area contributed by atoms with Crippen molar-refractivity contribution in [3.8, 4) is 0 Å². The van der Waals surface area contributed by atoms with Gasteiger partial charge in [-0.2, -0.15) is 0 Å². The number of alkyl halides is 2. The zero-order valence-electron chi connectivity index (χ0n) is 12.0. The normalized spacial score (nSPS) is 32.0. The van der Waals surface area contributed by atoms with E-state index in [0.717, 1.165) is 16.8 Å². The highest BCUT2D eigenvalue weighted by molar-refractivity contribution is 5.40. The number of allylic oxidation sites excluding steroid dienone is 5. The summed E-state index contributed by atoms with van der Waals surface area (Å²) in [6.45, 7) is 3.37. The van der Waals surface area contributed by atoms with Gasteiger partial charge >= 0.3 is 0 Å². The zero-order chi connectivity index (χ0) is 14.6. The fourth-order valence-electron chi connectivity index (χ4n) is 2.47. The van der Waals surface area contributed by atoms with Crippen LogP contribution in [0.3, 0.4) is 0 Å². The van der Waals surface area contributed by atoms with E-state index in [1.165, 1.54) is 0 Å². The summed E-state index contributed by atoms with van der Waals surface area (Å²) in [5.74, 6) is -2.51. The molecule has 0 aromatic heterocycles. The highest BCUT2D eigenvalue weighted by Gasteiger charge is 2.34. The van der Waals surface area contributed by atoms with Gasteiger partial charge in [-0.1, -0.05) is 24.3 Å². The lowest BCUT2D eigenvalue weighted by Crippen LogP contribution is -2.38. The van der Waals surface area contributed by atoms with Crippen LogP contribution in [0, 0.1) is 0 Å². The Kier molecular flexibility index (Phi) is 4.76. The molecule has 1 saturated heterocycles. The minimum absolute atomic E-state index is 0.0674. The van der Waals surface area contributed by atoms with E-state index in [1.54, 1.807) is 7.11 Å². The molecule has 0 unspecified atom stereocenters. The fourth-order valence-corrected chi connectivity index (χ4v) is 2.47. The van der Waals surface area contributed by atoms with Crippen LogP contribution in [0.25, 0.3) is 0 Å². The minimum atomic E-state index is -2.51. The molecule has 1 aliphatic carbocycles. The predicted molar refractivity (Wildman–Crippen MR) is 76.7 cm³/mol. The van der Waals surface area contributed by atoms with Gasteiger partial charge in [-0.05, 0) is 24.1 Å². The van der Waals surface area contributed by atoms with Crippen molar-refractivity contribution in [1.82, 2.24) is 4.90 Å². The number of ether oxygens (including phenoxy) is 1. The third-order valence-electron chi connectivity index (χ3n) is 3.66. The molecule has 1 aliphatic heterocycles. The Morgan fingerprint density at radius 2 is 1.90 bits per heavy atom. The quantitative estimate of drug-likeness (QED) is 0.782. The highest BCUT2D eigenvalue weighted by atomic mass is 19.3. The van der Waals surface area contributed by atoms with E-state index in [2.05, 4.69) is 0 Å². The molecule has 0 spiro atoms. The van der Waals surface area contributed by atoms with Gasteiger partial charge in [-0.25, -0.2) is 8.78 Å². The van der Waals surface area contributed by atoms with Crippen molar-refractivity contribution in [2.75, 3.05) is 26.8 Å². The Bertz CT molecular complexity index is 465. The summed E-state index contributed by atoms with van der Waals surface area (Å²) >= 11 is 0. The van der Waals surface area contributed by atoms with Gasteiger partial charge in [0.05, 0.1) is 6.61 Å². The highest BCUT2D eigenvalue weighted by Crippen LogP contribution is 2.30. The van der Waals surface area contributed by atoms with E-state index in [0.29, 0.717) is 19.7 Å². The third kappa shape index (κ3) is 3.79. The van der Waals surface area contributed by atoms with Crippen molar-refractivity contribution >= 4 is 0 Å². The second-order valence-electron chi connectivity index (χ2n) is 5.28. The molecule has 0 radical (unpaired) electrons. The summed E-state index contributed by atoms with van der Waals surface area (Å²) in [6, 6.07) is 0. The van der Waals surface area contributed by atoms with Crippen LogP contribution in [0.5, 0.6) is 0 Å². The molecule has 1 heterocycles. The standard InChI is InChI=1S/C16H21F2NO/c1-13-4-3-5-14(12-20-2)6-7-15(13)19-10-8-16(17,18)9-11-19/h3-7H,8-12H2,1-2H3/b4-3+,5-3?,7-6-,13-4?,14-5-,14-6?,15-7?,15-13+. The summed E-state index contributed by atoms with van der Waals surface area (Å²) < 4.78 is 31.6. The molecule has 2 aliphatic rings. The number of likely N-dealkylation sites (tertiary alicyclic amines) is 1. The fraction of sp³-hybridized carbons (Fsp3) is 0.500. The maximum Gasteiger partial charge on any atom is 0.251 e. The van der Waals surface area contributed by atoms with Gasteiger partial charge < -0.3 is 9.64 Å². The van der Waals surface area contributed by atoms with Gasteiger partial charge in [0.15, 0.2) is 0 Å². The minimum Gasteiger partial charge on any atom is -0.380 e. The summed E-state index contributed by atoms with van der Waals surface area (Å²) in [7, 11) is 1.66. The molecule has 1 fully saturated rings. The average molecular weight is 281 g/mol. The molecule has 0 amide bonds. The lowest BCUT2D eigenvalue weighted by atomic mass is 10.0. The van der Waals surface area contributed by atoms with E-state index in [1.807, 2.05) is 42.2 Å². The molecule has 0 saturated carbocycles. The van der Waals surface area contributed by atoms with Crippen LogP contribution in [-0.4, -0.2) is 37.6 Å². The van der Waals surface area contributed by atoms with E-state index in [-0.39, 0.29) is 12.8 Å². The van der Waals surface area contributed by atoms with Crippen molar-refractivity contribution in [3.63, 3.8) is 0 Å². The summed E-state index contributed by atoms with van der Waals surface area (Å²) in [6.07, 6.45) is 9.87. The van der Waals surface area contributed by atoms with Crippen molar-refractivity contribution in [2.24, 2.45) is 0 Å². The van der Waals surface area contributed by atoms with Crippen LogP contribution in [0.15, 0.2) is 47.2 Å². The smallest absolute Gasteiger partial charge is 0.251 e. The Morgan fingerprint density at radius 3 is 2.55 bits per heavy atom. The number of piperidine rings is 1. The number of rotatable bonds is 3. The molecule has 20 heavy (non-hydrogen) atoms. The molecular weight excluding hydrogens is 260 g/mol. The first-order valence-corrected chi connectivity index (χ1v) is 6.90. The Labute approximate surface area is 119 Å². The van der Waals surface area contributed by atoms with Crippen LogP contribution in [0.2, 0.25) is 0 Å². The topological polar surface area (TPSA) is 12.5 Å². The molecular formula is C16H21F2NO. The maximum atomic E-state index is 13.2. The molecule has 0 bridgehead atoms. The first kappa shape index (κ1) is 15.0. The van der Waals surface area contributed by atoms with Crippen molar-refractivity contribution in [3.05, 3.63) is 47.2 Å². The zero-order valence-corrected chi connectivity index (χ0v) is 12.0. The molecule has 0 atom stereocenters. The van der Waals surface area contributed by atoms with Crippen molar-refractivity contribution < 1.29 is 13.5 Å². The maximum absolute atomic E-state index is 13.2. The Hall–Kier alpha value is -1.42. The summed E-state index contributed by atoms with van der Waals surface area (Å²) in [4.78, 5) is 2.04. The molecule has 2 rings (SSSR count). The largest absolute Gasteiger partial charge is 0.380 e. The number of hydrogen-bond acceptors (Lipinski definition) is 2. The molecule has 0 aromatic rings. The number of nitrogens with zero attached hydrogens (tertiary/aromatic N) is 1. The monoisotopic (exact) mass is 281 g/mol. The molecule has 0 aromatic carbocycles. The van der Waals surface area contributed by atoms with Crippen LogP contribution in [0.4, 0.5) is 8.78 Å². The van der Waals surface area contributed by atoms with E-state index in [4.69, 9.17) is 4.74 Å². The lowest BCUT2D eigenvalue weighted by molar-refractivity contribution is -0.0484. The first-order chi connectivity index (χ1) is 9.52. The Balaban J connectivity index is 2.14. The lowest BCUT2D eigenvalue weighted by Gasteiger charge is -2.35. The second kappa shape index (κ2) is 6.35. The second-order valence-corrected chi connectivity index (χ2v) is 5.28.